The third-order valence-electron chi connectivity index (χ3n) is 3.57. The van der Waals surface area contributed by atoms with Gasteiger partial charge >= 0.3 is 0 Å². The first-order chi connectivity index (χ1) is 10.6. The van der Waals surface area contributed by atoms with E-state index in [2.05, 4.69) is 40.6 Å². The molecule has 0 aliphatic carbocycles. The van der Waals surface area contributed by atoms with Gasteiger partial charge in [-0.1, -0.05) is 36.4 Å². The van der Waals surface area contributed by atoms with Gasteiger partial charge in [-0.15, -0.1) is 0 Å². The zero-order valence-corrected chi connectivity index (χ0v) is 12.1. The predicted molar refractivity (Wildman–Crippen MR) is 86.9 cm³/mol. The Morgan fingerprint density at radius 1 is 1.14 bits per heavy atom. The maximum atomic E-state index is 10.8. The minimum atomic E-state index is -0.421. The van der Waals surface area contributed by atoms with Gasteiger partial charge in [-0.25, -0.2) is 4.98 Å². The standard InChI is InChI=1S/C17H15N3O2/c1-12-8-17(19-11-16(12)20(21)22)18-10-13-6-7-14-4-2-3-5-15(14)9-13/h2-9,11H,10H2,1H3,(H,18,19). The highest BCUT2D eigenvalue weighted by Crippen LogP contribution is 2.20. The van der Waals surface area contributed by atoms with E-state index >= 15 is 0 Å². The fraction of sp³-hybridized carbons (Fsp3) is 0.118. The molecule has 0 spiro atoms. The smallest absolute Gasteiger partial charge is 0.290 e. The Morgan fingerprint density at radius 3 is 2.64 bits per heavy atom. The normalized spacial score (nSPS) is 10.6. The van der Waals surface area contributed by atoms with Crippen molar-refractivity contribution in [3.63, 3.8) is 0 Å². The minimum Gasteiger partial charge on any atom is -0.366 e. The molecule has 0 unspecified atom stereocenters. The number of anilines is 1. The summed E-state index contributed by atoms with van der Waals surface area (Å²) in [5.41, 5.74) is 1.77. The van der Waals surface area contributed by atoms with Crippen molar-refractivity contribution in [3.8, 4) is 0 Å². The highest BCUT2D eigenvalue weighted by atomic mass is 16.6. The first-order valence-electron chi connectivity index (χ1n) is 6.96. The summed E-state index contributed by atoms with van der Waals surface area (Å²) in [5, 5.41) is 16.4. The van der Waals surface area contributed by atoms with E-state index in [0.717, 1.165) is 5.56 Å². The van der Waals surface area contributed by atoms with Crippen LogP contribution < -0.4 is 5.32 Å². The van der Waals surface area contributed by atoms with Crippen molar-refractivity contribution in [2.75, 3.05) is 5.32 Å². The van der Waals surface area contributed by atoms with Crippen molar-refractivity contribution >= 4 is 22.3 Å². The highest BCUT2D eigenvalue weighted by Gasteiger charge is 2.11. The van der Waals surface area contributed by atoms with Crippen LogP contribution in [0.3, 0.4) is 0 Å². The Labute approximate surface area is 127 Å². The number of rotatable bonds is 4. The average Bonchev–Trinajstić information content (AvgIpc) is 2.52. The van der Waals surface area contributed by atoms with E-state index in [1.54, 1.807) is 13.0 Å². The Bertz CT molecular complexity index is 846. The van der Waals surface area contributed by atoms with Gasteiger partial charge in [0, 0.05) is 12.1 Å². The van der Waals surface area contributed by atoms with E-state index in [-0.39, 0.29) is 5.69 Å². The second-order valence-corrected chi connectivity index (χ2v) is 5.15. The van der Waals surface area contributed by atoms with Gasteiger partial charge in [-0.3, -0.25) is 10.1 Å². The number of pyridine rings is 1. The number of aromatic nitrogens is 1. The summed E-state index contributed by atoms with van der Waals surface area (Å²) in [6, 6.07) is 16.2. The lowest BCUT2D eigenvalue weighted by atomic mass is 10.1. The first kappa shape index (κ1) is 14.0. The van der Waals surface area contributed by atoms with Crippen LogP contribution in [0.4, 0.5) is 11.5 Å². The molecule has 0 saturated carbocycles. The highest BCUT2D eigenvalue weighted by molar-refractivity contribution is 5.83. The van der Waals surface area contributed by atoms with Crippen LogP contribution in [-0.2, 0) is 6.54 Å². The molecule has 3 aromatic rings. The molecule has 3 rings (SSSR count). The molecule has 0 aliphatic rings. The number of aryl methyl sites for hydroxylation is 1. The average molecular weight is 293 g/mol. The molecule has 0 saturated heterocycles. The van der Waals surface area contributed by atoms with Gasteiger partial charge in [-0.2, -0.15) is 0 Å². The lowest BCUT2D eigenvalue weighted by Crippen LogP contribution is -2.02. The number of hydrogen-bond acceptors (Lipinski definition) is 4. The monoisotopic (exact) mass is 293 g/mol. The molecule has 5 nitrogen and oxygen atoms in total. The Kier molecular flexibility index (Phi) is 3.70. The van der Waals surface area contributed by atoms with Gasteiger partial charge in [0.2, 0.25) is 0 Å². The van der Waals surface area contributed by atoms with Gasteiger partial charge in [-0.05, 0) is 35.4 Å². The zero-order valence-electron chi connectivity index (χ0n) is 12.1. The molecule has 0 amide bonds. The van der Waals surface area contributed by atoms with Crippen molar-refractivity contribution in [1.29, 1.82) is 0 Å². The molecule has 5 heteroatoms. The molecular weight excluding hydrogens is 278 g/mol. The van der Waals surface area contributed by atoms with Gasteiger partial charge < -0.3 is 5.32 Å². The molecule has 110 valence electrons. The van der Waals surface area contributed by atoms with Crippen molar-refractivity contribution < 1.29 is 4.92 Å². The van der Waals surface area contributed by atoms with Crippen molar-refractivity contribution in [2.45, 2.75) is 13.5 Å². The van der Waals surface area contributed by atoms with Crippen LogP contribution in [0.2, 0.25) is 0 Å². The number of nitrogens with one attached hydrogen (secondary N) is 1. The van der Waals surface area contributed by atoms with Crippen LogP contribution in [0, 0.1) is 17.0 Å². The van der Waals surface area contributed by atoms with E-state index in [1.807, 2.05) is 12.1 Å². The van der Waals surface area contributed by atoms with Crippen molar-refractivity contribution in [1.82, 2.24) is 4.98 Å². The second kappa shape index (κ2) is 5.81. The van der Waals surface area contributed by atoms with E-state index in [9.17, 15) is 10.1 Å². The number of fused-ring (bicyclic) bond motifs is 1. The molecule has 2 aromatic carbocycles. The van der Waals surface area contributed by atoms with Crippen LogP contribution >= 0.6 is 0 Å². The van der Waals surface area contributed by atoms with Gasteiger partial charge in [0.15, 0.2) is 0 Å². The van der Waals surface area contributed by atoms with E-state index in [1.165, 1.54) is 17.0 Å². The molecule has 0 aliphatic heterocycles. The number of benzene rings is 2. The first-order valence-corrected chi connectivity index (χ1v) is 6.96. The number of nitro groups is 1. The third-order valence-corrected chi connectivity index (χ3v) is 3.57. The van der Waals surface area contributed by atoms with Crippen molar-refractivity contribution in [3.05, 3.63) is 76.0 Å². The molecule has 22 heavy (non-hydrogen) atoms. The zero-order chi connectivity index (χ0) is 15.5. The predicted octanol–water partition coefficient (Wildman–Crippen LogP) is 4.06. The summed E-state index contributed by atoms with van der Waals surface area (Å²) >= 11 is 0. The largest absolute Gasteiger partial charge is 0.366 e. The van der Waals surface area contributed by atoms with Crippen LogP contribution in [-0.4, -0.2) is 9.91 Å². The summed E-state index contributed by atoms with van der Waals surface area (Å²) in [6.07, 6.45) is 1.29. The Morgan fingerprint density at radius 2 is 1.91 bits per heavy atom. The molecule has 1 N–H and O–H groups in total. The van der Waals surface area contributed by atoms with Gasteiger partial charge in [0.05, 0.1) is 4.92 Å². The lowest BCUT2D eigenvalue weighted by Gasteiger charge is -2.07. The van der Waals surface area contributed by atoms with E-state index in [4.69, 9.17) is 0 Å². The van der Waals surface area contributed by atoms with Crippen LogP contribution in [0.15, 0.2) is 54.7 Å². The molecule has 0 radical (unpaired) electrons. The maximum Gasteiger partial charge on any atom is 0.290 e. The van der Waals surface area contributed by atoms with Gasteiger partial charge in [0.1, 0.15) is 12.0 Å². The summed E-state index contributed by atoms with van der Waals surface area (Å²) in [4.78, 5) is 14.4. The summed E-state index contributed by atoms with van der Waals surface area (Å²) in [7, 11) is 0. The topological polar surface area (TPSA) is 68.1 Å². The molecular formula is C17H15N3O2. The molecule has 0 fully saturated rings. The number of hydrogen-bond donors (Lipinski definition) is 1. The third kappa shape index (κ3) is 2.88. The second-order valence-electron chi connectivity index (χ2n) is 5.15. The summed E-state index contributed by atoms with van der Waals surface area (Å²) < 4.78 is 0. The van der Waals surface area contributed by atoms with E-state index < -0.39 is 4.92 Å². The Hall–Kier alpha value is -2.95. The minimum absolute atomic E-state index is 0.0382. The van der Waals surface area contributed by atoms with Crippen LogP contribution in [0.1, 0.15) is 11.1 Å². The lowest BCUT2D eigenvalue weighted by molar-refractivity contribution is -0.385. The van der Waals surface area contributed by atoms with E-state index in [0.29, 0.717) is 17.9 Å². The van der Waals surface area contributed by atoms with Gasteiger partial charge in [0.25, 0.3) is 5.69 Å². The van der Waals surface area contributed by atoms with Crippen LogP contribution in [0.25, 0.3) is 10.8 Å². The summed E-state index contributed by atoms with van der Waals surface area (Å²) in [6.45, 7) is 2.33. The number of nitrogens with zero attached hydrogens (tertiary/aromatic N) is 2. The molecule has 0 bridgehead atoms. The SMILES string of the molecule is Cc1cc(NCc2ccc3ccccc3c2)ncc1[N+](=O)[O-]. The quantitative estimate of drug-likeness (QED) is 0.581. The Balaban J connectivity index is 1.76. The fourth-order valence-electron chi connectivity index (χ4n) is 2.38. The van der Waals surface area contributed by atoms with Crippen LogP contribution in [0.5, 0.6) is 0 Å². The van der Waals surface area contributed by atoms with Crippen molar-refractivity contribution in [2.24, 2.45) is 0 Å². The fourth-order valence-corrected chi connectivity index (χ4v) is 2.38. The maximum absolute atomic E-state index is 10.8. The molecule has 1 aromatic heterocycles. The molecule has 0 atom stereocenters. The molecule has 1 heterocycles. The summed E-state index contributed by atoms with van der Waals surface area (Å²) in [5.74, 6) is 0.635.